The molecule has 0 amide bonds. The highest BCUT2D eigenvalue weighted by molar-refractivity contribution is 5.80. The van der Waals surface area contributed by atoms with E-state index in [9.17, 15) is 0 Å². The highest BCUT2D eigenvalue weighted by atomic mass is 16.4. The number of hydrogen-bond acceptors (Lipinski definition) is 6. The normalized spacial score (nSPS) is 10.9. The van der Waals surface area contributed by atoms with Crippen molar-refractivity contribution in [2.45, 2.75) is 19.8 Å². The maximum absolute atomic E-state index is 9.04. The number of rotatable bonds is 5. The molecular formula is C16H19N5O. The zero-order valence-electron chi connectivity index (χ0n) is 13.2. The number of hydrogen-bond donors (Lipinski definition) is 1. The van der Waals surface area contributed by atoms with Crippen LogP contribution in [0.15, 0.2) is 33.8 Å². The van der Waals surface area contributed by atoms with Gasteiger partial charge in [0, 0.05) is 25.7 Å². The first-order valence-electron chi connectivity index (χ1n) is 6.98. The smallest absolute Gasteiger partial charge is 0.252 e. The summed E-state index contributed by atoms with van der Waals surface area (Å²) in [6, 6.07) is 9.94. The second-order valence-electron chi connectivity index (χ2n) is 5.35. The van der Waals surface area contributed by atoms with Crippen LogP contribution in [0.25, 0.3) is 0 Å². The molecule has 0 atom stereocenters. The summed E-state index contributed by atoms with van der Waals surface area (Å²) in [6.45, 7) is 3.90. The average Bonchev–Trinajstić information content (AvgIpc) is 2.91. The maximum Gasteiger partial charge on any atom is 0.252 e. The number of nitrogens with zero attached hydrogens (tertiary/aromatic N) is 4. The second-order valence-corrected chi connectivity index (χ2v) is 5.35. The van der Waals surface area contributed by atoms with Crippen molar-refractivity contribution >= 4 is 17.8 Å². The van der Waals surface area contributed by atoms with E-state index in [1.807, 2.05) is 63.2 Å². The Balaban J connectivity index is 2.07. The van der Waals surface area contributed by atoms with Crippen LogP contribution in [0.3, 0.4) is 0 Å². The Labute approximate surface area is 130 Å². The van der Waals surface area contributed by atoms with Crippen LogP contribution in [-0.4, -0.2) is 25.3 Å². The Bertz CT molecular complexity index is 692. The first-order chi connectivity index (χ1) is 10.5. The fourth-order valence-corrected chi connectivity index (χ4v) is 1.76. The quantitative estimate of drug-likeness (QED) is 0.677. The van der Waals surface area contributed by atoms with E-state index in [0.717, 1.165) is 11.3 Å². The van der Waals surface area contributed by atoms with E-state index in [-0.39, 0.29) is 17.5 Å². The van der Waals surface area contributed by atoms with Crippen LogP contribution in [0.4, 0.5) is 11.6 Å². The van der Waals surface area contributed by atoms with Gasteiger partial charge in [0.1, 0.15) is 6.07 Å². The SMILES string of the molecule is CC(C)c1nc(C#N)c(N/N=C\c2ccc(N(C)C)cc2)o1. The molecule has 0 radical (unpaired) electrons. The van der Waals surface area contributed by atoms with Crippen molar-refractivity contribution in [1.82, 2.24) is 4.98 Å². The summed E-state index contributed by atoms with van der Waals surface area (Å²) in [5.74, 6) is 0.905. The lowest BCUT2D eigenvalue weighted by Gasteiger charge is -2.11. The molecule has 0 saturated carbocycles. The van der Waals surface area contributed by atoms with Crippen LogP contribution in [-0.2, 0) is 0 Å². The van der Waals surface area contributed by atoms with Gasteiger partial charge in [-0.15, -0.1) is 0 Å². The van der Waals surface area contributed by atoms with Gasteiger partial charge in [-0.05, 0) is 17.7 Å². The van der Waals surface area contributed by atoms with Crippen molar-refractivity contribution in [3.8, 4) is 6.07 Å². The first kappa shape index (κ1) is 15.6. The molecule has 1 N–H and O–H groups in total. The van der Waals surface area contributed by atoms with Gasteiger partial charge in [-0.2, -0.15) is 10.4 Å². The van der Waals surface area contributed by atoms with Crippen LogP contribution in [0.1, 0.15) is 36.9 Å². The number of aromatic nitrogens is 1. The van der Waals surface area contributed by atoms with Crippen molar-refractivity contribution in [2.24, 2.45) is 5.10 Å². The number of hydrazone groups is 1. The molecule has 0 saturated heterocycles. The zero-order chi connectivity index (χ0) is 16.1. The lowest BCUT2D eigenvalue weighted by molar-refractivity contribution is 0.481. The molecule has 0 unspecified atom stereocenters. The summed E-state index contributed by atoms with van der Waals surface area (Å²) in [4.78, 5) is 6.14. The maximum atomic E-state index is 9.04. The number of nitrogens with one attached hydrogen (secondary N) is 1. The van der Waals surface area contributed by atoms with E-state index in [4.69, 9.17) is 9.68 Å². The molecule has 2 aromatic rings. The van der Waals surface area contributed by atoms with E-state index < -0.39 is 0 Å². The Morgan fingerprint density at radius 1 is 1.32 bits per heavy atom. The predicted octanol–water partition coefficient (Wildman–Crippen LogP) is 3.18. The fraction of sp³-hybridized carbons (Fsp3) is 0.312. The molecular weight excluding hydrogens is 278 g/mol. The summed E-state index contributed by atoms with van der Waals surface area (Å²) in [5, 5.41) is 13.1. The van der Waals surface area contributed by atoms with Crippen LogP contribution >= 0.6 is 0 Å². The van der Waals surface area contributed by atoms with Crippen molar-refractivity contribution in [3.05, 3.63) is 41.4 Å². The van der Waals surface area contributed by atoms with Gasteiger partial charge in [0.15, 0.2) is 0 Å². The van der Waals surface area contributed by atoms with Gasteiger partial charge in [0.25, 0.3) is 5.88 Å². The molecule has 6 heteroatoms. The Hall–Kier alpha value is -2.81. The third kappa shape index (κ3) is 3.64. The Morgan fingerprint density at radius 3 is 2.55 bits per heavy atom. The minimum Gasteiger partial charge on any atom is -0.422 e. The van der Waals surface area contributed by atoms with E-state index >= 15 is 0 Å². The molecule has 1 aromatic heterocycles. The average molecular weight is 297 g/mol. The molecule has 6 nitrogen and oxygen atoms in total. The minimum atomic E-state index is 0.116. The Morgan fingerprint density at radius 2 is 2.00 bits per heavy atom. The molecule has 1 aromatic carbocycles. The lowest BCUT2D eigenvalue weighted by Crippen LogP contribution is -2.08. The van der Waals surface area contributed by atoms with Crippen molar-refractivity contribution < 1.29 is 4.42 Å². The molecule has 22 heavy (non-hydrogen) atoms. The molecule has 1 heterocycles. The van der Waals surface area contributed by atoms with Crippen LogP contribution in [0.2, 0.25) is 0 Å². The molecule has 0 bridgehead atoms. The van der Waals surface area contributed by atoms with Crippen LogP contribution in [0, 0.1) is 11.3 Å². The van der Waals surface area contributed by atoms with Gasteiger partial charge in [0.2, 0.25) is 11.6 Å². The van der Waals surface area contributed by atoms with Crippen LogP contribution < -0.4 is 10.3 Å². The van der Waals surface area contributed by atoms with Gasteiger partial charge >= 0.3 is 0 Å². The van der Waals surface area contributed by atoms with Crippen molar-refractivity contribution in [2.75, 3.05) is 24.4 Å². The zero-order valence-corrected chi connectivity index (χ0v) is 13.2. The van der Waals surface area contributed by atoms with Crippen molar-refractivity contribution in [3.63, 3.8) is 0 Å². The fourth-order valence-electron chi connectivity index (χ4n) is 1.76. The monoisotopic (exact) mass is 297 g/mol. The number of benzene rings is 1. The topological polar surface area (TPSA) is 77.5 Å². The van der Waals surface area contributed by atoms with Gasteiger partial charge in [-0.3, -0.25) is 0 Å². The standard InChI is InChI=1S/C16H19N5O/c1-11(2)15-19-14(9-17)16(22-15)20-18-10-12-5-7-13(8-6-12)21(3)4/h5-8,10-11,20H,1-4H3/b18-10-. The summed E-state index contributed by atoms with van der Waals surface area (Å²) in [5.41, 5.74) is 5.01. The Kier molecular flexibility index (Phi) is 4.79. The summed E-state index contributed by atoms with van der Waals surface area (Å²) < 4.78 is 5.49. The highest BCUT2D eigenvalue weighted by Gasteiger charge is 2.14. The molecule has 2 rings (SSSR count). The van der Waals surface area contributed by atoms with Gasteiger partial charge in [0.05, 0.1) is 6.21 Å². The van der Waals surface area contributed by atoms with E-state index in [0.29, 0.717) is 5.89 Å². The molecule has 0 aliphatic carbocycles. The minimum absolute atomic E-state index is 0.116. The van der Waals surface area contributed by atoms with Gasteiger partial charge in [-0.1, -0.05) is 26.0 Å². The molecule has 0 aliphatic rings. The summed E-state index contributed by atoms with van der Waals surface area (Å²) in [6.07, 6.45) is 1.66. The van der Waals surface area contributed by atoms with E-state index in [2.05, 4.69) is 15.5 Å². The summed E-state index contributed by atoms with van der Waals surface area (Å²) in [7, 11) is 3.98. The largest absolute Gasteiger partial charge is 0.422 e. The molecule has 114 valence electrons. The van der Waals surface area contributed by atoms with E-state index in [1.165, 1.54) is 0 Å². The third-order valence-electron chi connectivity index (χ3n) is 3.03. The van der Waals surface area contributed by atoms with Gasteiger partial charge in [-0.25, -0.2) is 10.4 Å². The highest BCUT2D eigenvalue weighted by Crippen LogP contribution is 2.22. The molecule has 0 spiro atoms. The number of oxazole rings is 1. The number of anilines is 2. The second kappa shape index (κ2) is 6.76. The van der Waals surface area contributed by atoms with E-state index in [1.54, 1.807) is 6.21 Å². The third-order valence-corrected chi connectivity index (χ3v) is 3.03. The predicted molar refractivity (Wildman–Crippen MR) is 87.3 cm³/mol. The van der Waals surface area contributed by atoms with Gasteiger partial charge < -0.3 is 9.32 Å². The first-order valence-corrected chi connectivity index (χ1v) is 6.98. The lowest BCUT2D eigenvalue weighted by atomic mass is 10.2. The molecule has 0 aliphatic heterocycles. The molecule has 0 fully saturated rings. The number of nitriles is 1. The summed E-state index contributed by atoms with van der Waals surface area (Å²) >= 11 is 0. The van der Waals surface area contributed by atoms with Crippen LogP contribution in [0.5, 0.6) is 0 Å². The van der Waals surface area contributed by atoms with Crippen molar-refractivity contribution in [1.29, 1.82) is 5.26 Å².